The van der Waals surface area contributed by atoms with E-state index in [9.17, 15) is 10.1 Å². The number of anilines is 1. The Kier molecular flexibility index (Phi) is 6.73. The number of halogens is 1. The Labute approximate surface area is 178 Å². The van der Waals surface area contributed by atoms with Gasteiger partial charge < -0.3 is 19.3 Å². The minimum absolute atomic E-state index is 0.0950. The lowest BCUT2D eigenvalue weighted by Crippen LogP contribution is -2.13. The fourth-order valence-electron chi connectivity index (χ4n) is 2.59. The first-order chi connectivity index (χ1) is 14.5. The van der Waals surface area contributed by atoms with Crippen molar-refractivity contribution in [2.24, 2.45) is 0 Å². The Hall–Kier alpha value is -3.76. The minimum Gasteiger partial charge on any atom is -0.493 e. The Bertz CT molecular complexity index is 1130. The summed E-state index contributed by atoms with van der Waals surface area (Å²) in [6.07, 6.45) is 1.45. The quantitative estimate of drug-likeness (QED) is 0.434. The first-order valence-electron chi connectivity index (χ1n) is 8.91. The van der Waals surface area contributed by atoms with Crippen LogP contribution in [0.3, 0.4) is 0 Å². The lowest BCUT2D eigenvalue weighted by atomic mass is 10.1. The number of benzene rings is 2. The molecule has 0 spiro atoms. The number of nitrogens with zero attached hydrogens (tertiary/aromatic N) is 2. The second-order valence-corrected chi connectivity index (χ2v) is 6.64. The van der Waals surface area contributed by atoms with Crippen LogP contribution < -0.4 is 14.8 Å². The van der Waals surface area contributed by atoms with Crippen molar-refractivity contribution >= 4 is 29.4 Å². The van der Waals surface area contributed by atoms with Crippen LogP contribution in [0.2, 0.25) is 5.02 Å². The fraction of sp³-hybridized carbons (Fsp3) is 0.136. The summed E-state index contributed by atoms with van der Waals surface area (Å²) >= 11 is 6.15. The number of nitriles is 1. The normalized spacial score (nSPS) is 10.9. The van der Waals surface area contributed by atoms with Gasteiger partial charge in [-0.15, -0.1) is 0 Å². The third kappa shape index (κ3) is 5.19. The zero-order chi connectivity index (χ0) is 21.5. The van der Waals surface area contributed by atoms with Crippen LogP contribution >= 0.6 is 11.6 Å². The monoisotopic (exact) mass is 423 g/mol. The molecule has 30 heavy (non-hydrogen) atoms. The van der Waals surface area contributed by atoms with Crippen LogP contribution in [0.4, 0.5) is 5.82 Å². The van der Waals surface area contributed by atoms with Gasteiger partial charge in [-0.25, -0.2) is 0 Å². The molecule has 152 valence electrons. The van der Waals surface area contributed by atoms with Gasteiger partial charge in [0.2, 0.25) is 0 Å². The highest BCUT2D eigenvalue weighted by Gasteiger charge is 2.13. The number of amides is 1. The van der Waals surface area contributed by atoms with Gasteiger partial charge in [-0.05, 0) is 36.8 Å². The van der Waals surface area contributed by atoms with Crippen molar-refractivity contribution in [1.82, 2.24) is 5.16 Å². The third-order valence-corrected chi connectivity index (χ3v) is 4.44. The molecule has 0 fully saturated rings. The van der Waals surface area contributed by atoms with E-state index in [1.807, 2.05) is 24.3 Å². The van der Waals surface area contributed by atoms with Crippen molar-refractivity contribution in [2.75, 3.05) is 12.4 Å². The zero-order valence-corrected chi connectivity index (χ0v) is 17.1. The average Bonchev–Trinajstić information content (AvgIpc) is 3.16. The molecule has 0 saturated carbocycles. The molecule has 0 aliphatic heterocycles. The van der Waals surface area contributed by atoms with Crippen molar-refractivity contribution < 1.29 is 18.8 Å². The molecule has 8 heteroatoms. The molecular formula is C22H18ClN3O4. The number of carbonyl (C=O) groups excluding carboxylic acids is 1. The molecule has 1 amide bonds. The molecule has 1 N–H and O–H groups in total. The number of aryl methyl sites for hydroxylation is 1. The topological polar surface area (TPSA) is 97.4 Å². The second-order valence-electron chi connectivity index (χ2n) is 6.24. The predicted molar refractivity (Wildman–Crippen MR) is 112 cm³/mol. The summed E-state index contributed by atoms with van der Waals surface area (Å²) in [5.41, 5.74) is 1.35. The first kappa shape index (κ1) is 21.0. The molecule has 0 aliphatic carbocycles. The largest absolute Gasteiger partial charge is 0.493 e. The number of hydrogen-bond donors (Lipinski definition) is 1. The molecule has 3 rings (SSSR count). The standard InChI is InChI=1S/C22H18ClN3O4/c1-14-9-21(26-30-14)25-22(27)17(12-24)10-15-7-8-19(20(11-15)28-2)29-13-16-5-3-4-6-18(16)23/h3-11H,13H2,1-2H3,(H,25,26,27)/b17-10-. The van der Waals surface area contributed by atoms with Gasteiger partial charge in [0, 0.05) is 16.7 Å². The average molecular weight is 424 g/mol. The number of methoxy groups -OCH3 is 1. The number of aromatic nitrogens is 1. The molecule has 3 aromatic rings. The number of rotatable bonds is 7. The molecular weight excluding hydrogens is 406 g/mol. The summed E-state index contributed by atoms with van der Waals surface area (Å²) in [6, 6.07) is 15.9. The van der Waals surface area contributed by atoms with Crippen LogP contribution in [0.1, 0.15) is 16.9 Å². The number of ether oxygens (including phenoxy) is 2. The summed E-state index contributed by atoms with van der Waals surface area (Å²) in [7, 11) is 1.51. The van der Waals surface area contributed by atoms with E-state index in [1.54, 1.807) is 37.3 Å². The lowest BCUT2D eigenvalue weighted by Gasteiger charge is -2.12. The minimum atomic E-state index is -0.594. The Morgan fingerprint density at radius 3 is 2.73 bits per heavy atom. The molecule has 0 bridgehead atoms. The zero-order valence-electron chi connectivity index (χ0n) is 16.3. The number of carbonyl (C=O) groups is 1. The van der Waals surface area contributed by atoms with Crippen LogP contribution in [-0.2, 0) is 11.4 Å². The van der Waals surface area contributed by atoms with E-state index in [0.717, 1.165) is 5.56 Å². The van der Waals surface area contributed by atoms with Crippen LogP contribution in [0, 0.1) is 18.3 Å². The maximum absolute atomic E-state index is 12.3. The van der Waals surface area contributed by atoms with Gasteiger partial charge in [0.15, 0.2) is 17.3 Å². The molecule has 0 atom stereocenters. The van der Waals surface area contributed by atoms with Crippen LogP contribution in [-0.4, -0.2) is 18.2 Å². The number of nitrogens with one attached hydrogen (secondary N) is 1. The summed E-state index contributed by atoms with van der Waals surface area (Å²) in [6.45, 7) is 1.97. The highest BCUT2D eigenvalue weighted by molar-refractivity contribution is 6.31. The summed E-state index contributed by atoms with van der Waals surface area (Å²) in [4.78, 5) is 12.3. The van der Waals surface area contributed by atoms with E-state index in [4.69, 9.17) is 25.6 Å². The maximum Gasteiger partial charge on any atom is 0.267 e. The van der Waals surface area contributed by atoms with Crippen molar-refractivity contribution in [3.05, 3.63) is 76.0 Å². The van der Waals surface area contributed by atoms with Crippen molar-refractivity contribution in [3.8, 4) is 17.6 Å². The van der Waals surface area contributed by atoms with Crippen molar-refractivity contribution in [2.45, 2.75) is 13.5 Å². The van der Waals surface area contributed by atoms with E-state index in [-0.39, 0.29) is 18.0 Å². The molecule has 0 aliphatic rings. The fourth-order valence-corrected chi connectivity index (χ4v) is 2.78. The van der Waals surface area contributed by atoms with E-state index in [1.165, 1.54) is 13.2 Å². The van der Waals surface area contributed by atoms with E-state index in [2.05, 4.69) is 10.5 Å². The predicted octanol–water partition coefficient (Wildman–Crippen LogP) is 4.77. The molecule has 2 aromatic carbocycles. The highest BCUT2D eigenvalue weighted by atomic mass is 35.5. The molecule has 0 saturated heterocycles. The van der Waals surface area contributed by atoms with E-state index in [0.29, 0.717) is 27.8 Å². The van der Waals surface area contributed by atoms with Gasteiger partial charge >= 0.3 is 0 Å². The molecule has 0 unspecified atom stereocenters. The van der Waals surface area contributed by atoms with Gasteiger partial charge in [0.05, 0.1) is 7.11 Å². The smallest absolute Gasteiger partial charge is 0.267 e. The van der Waals surface area contributed by atoms with E-state index < -0.39 is 5.91 Å². The Balaban J connectivity index is 1.76. The lowest BCUT2D eigenvalue weighted by molar-refractivity contribution is -0.112. The Morgan fingerprint density at radius 2 is 2.07 bits per heavy atom. The SMILES string of the molecule is COc1cc(/C=C(/C#N)C(=O)Nc2cc(C)on2)ccc1OCc1ccccc1Cl. The summed E-state index contributed by atoms with van der Waals surface area (Å²) in [5, 5.41) is 16.2. The summed E-state index contributed by atoms with van der Waals surface area (Å²) in [5.74, 6) is 1.16. The maximum atomic E-state index is 12.3. The van der Waals surface area contributed by atoms with Crippen molar-refractivity contribution in [3.63, 3.8) is 0 Å². The van der Waals surface area contributed by atoms with Gasteiger partial charge in [0.25, 0.3) is 5.91 Å². The van der Waals surface area contributed by atoms with Gasteiger partial charge in [0.1, 0.15) is 24.0 Å². The third-order valence-electron chi connectivity index (χ3n) is 4.07. The number of hydrogen-bond acceptors (Lipinski definition) is 6. The molecule has 7 nitrogen and oxygen atoms in total. The van der Waals surface area contributed by atoms with Crippen LogP contribution in [0.5, 0.6) is 11.5 Å². The van der Waals surface area contributed by atoms with E-state index >= 15 is 0 Å². The Morgan fingerprint density at radius 1 is 1.27 bits per heavy atom. The van der Waals surface area contributed by atoms with Crippen molar-refractivity contribution in [1.29, 1.82) is 5.26 Å². The highest BCUT2D eigenvalue weighted by Crippen LogP contribution is 2.30. The molecule has 1 heterocycles. The second kappa shape index (κ2) is 9.63. The van der Waals surface area contributed by atoms with Crippen LogP contribution in [0.25, 0.3) is 6.08 Å². The van der Waals surface area contributed by atoms with Crippen LogP contribution in [0.15, 0.2) is 58.6 Å². The molecule has 1 aromatic heterocycles. The van der Waals surface area contributed by atoms with Gasteiger partial charge in [-0.3, -0.25) is 4.79 Å². The van der Waals surface area contributed by atoms with Gasteiger partial charge in [-0.1, -0.05) is 41.0 Å². The first-order valence-corrected chi connectivity index (χ1v) is 9.28. The molecule has 0 radical (unpaired) electrons. The summed E-state index contributed by atoms with van der Waals surface area (Å²) < 4.78 is 16.1. The van der Waals surface area contributed by atoms with Gasteiger partial charge in [-0.2, -0.15) is 5.26 Å².